The minimum atomic E-state index is -0.718. The van der Waals surface area contributed by atoms with Gasteiger partial charge in [0.15, 0.2) is 0 Å². The fourth-order valence-corrected chi connectivity index (χ4v) is 2.14. The first-order valence-electron chi connectivity index (χ1n) is 6.18. The molecule has 0 aliphatic heterocycles. The van der Waals surface area contributed by atoms with Crippen LogP contribution in [0.4, 0.5) is 4.39 Å². The van der Waals surface area contributed by atoms with E-state index in [1.165, 1.54) is 25.0 Å². The molecule has 1 unspecified atom stereocenters. The van der Waals surface area contributed by atoms with Crippen molar-refractivity contribution in [3.8, 4) is 5.69 Å². The molecule has 0 spiro atoms. The third-order valence-corrected chi connectivity index (χ3v) is 3.29. The Morgan fingerprint density at radius 1 is 1.39 bits per heavy atom. The minimum absolute atomic E-state index is 0.343. The van der Waals surface area contributed by atoms with Crippen molar-refractivity contribution in [2.24, 2.45) is 0 Å². The number of rotatable bonds is 3. The summed E-state index contributed by atoms with van der Waals surface area (Å²) in [6.07, 6.45) is 3.55. The largest absolute Gasteiger partial charge is 0.389 e. The maximum absolute atomic E-state index is 13.2. The summed E-state index contributed by atoms with van der Waals surface area (Å²) in [7, 11) is 0. The Morgan fingerprint density at radius 2 is 2.17 bits per heavy atom. The minimum Gasteiger partial charge on any atom is -0.389 e. The molecular formula is C14H15FN2O. The van der Waals surface area contributed by atoms with Crippen molar-refractivity contribution >= 4 is 0 Å². The van der Waals surface area contributed by atoms with Gasteiger partial charge in [0.05, 0.1) is 17.5 Å². The maximum Gasteiger partial charge on any atom is 0.123 e. The van der Waals surface area contributed by atoms with Gasteiger partial charge in [-0.1, -0.05) is 0 Å². The van der Waals surface area contributed by atoms with Gasteiger partial charge in [-0.25, -0.2) is 9.07 Å². The summed E-state index contributed by atoms with van der Waals surface area (Å²) in [6.45, 7) is 1.63. The second kappa shape index (κ2) is 4.21. The molecule has 0 amide bonds. The highest BCUT2D eigenvalue weighted by Crippen LogP contribution is 2.39. The van der Waals surface area contributed by atoms with Gasteiger partial charge < -0.3 is 5.11 Å². The van der Waals surface area contributed by atoms with Crippen LogP contribution >= 0.6 is 0 Å². The Morgan fingerprint density at radius 3 is 2.83 bits per heavy atom. The van der Waals surface area contributed by atoms with Crippen molar-refractivity contribution < 1.29 is 9.50 Å². The van der Waals surface area contributed by atoms with Crippen LogP contribution in [0, 0.1) is 5.82 Å². The number of hydrogen-bond acceptors (Lipinski definition) is 2. The number of aromatic nitrogens is 2. The second-order valence-electron chi connectivity index (χ2n) is 4.84. The van der Waals surface area contributed by atoms with Crippen LogP contribution in [0.3, 0.4) is 0 Å². The van der Waals surface area contributed by atoms with Gasteiger partial charge in [0.2, 0.25) is 0 Å². The first-order chi connectivity index (χ1) is 8.65. The first kappa shape index (κ1) is 11.4. The van der Waals surface area contributed by atoms with Crippen LogP contribution in [0.2, 0.25) is 0 Å². The molecule has 0 saturated heterocycles. The highest BCUT2D eigenvalue weighted by atomic mass is 19.1. The number of benzene rings is 1. The summed E-state index contributed by atoms with van der Waals surface area (Å²) >= 11 is 0. The lowest BCUT2D eigenvalue weighted by molar-refractivity contribution is 0.198. The lowest BCUT2D eigenvalue weighted by atomic mass is 10.1. The van der Waals surface area contributed by atoms with Crippen molar-refractivity contribution in [2.75, 3.05) is 0 Å². The van der Waals surface area contributed by atoms with E-state index >= 15 is 0 Å². The lowest BCUT2D eigenvalue weighted by Crippen LogP contribution is -2.04. The molecule has 2 aromatic rings. The van der Waals surface area contributed by atoms with Crippen LogP contribution in [0.15, 0.2) is 30.5 Å². The average molecular weight is 246 g/mol. The number of aliphatic hydroxyl groups is 1. The fraction of sp³-hybridized carbons (Fsp3) is 0.357. The molecule has 1 atom stereocenters. The Bertz CT molecular complexity index is 573. The predicted molar refractivity (Wildman–Crippen MR) is 66.1 cm³/mol. The summed E-state index contributed by atoms with van der Waals surface area (Å²) in [5.74, 6) is 0.242. The van der Waals surface area contributed by atoms with E-state index in [9.17, 15) is 9.50 Å². The molecule has 3 nitrogen and oxygen atoms in total. The van der Waals surface area contributed by atoms with Crippen molar-refractivity contribution in [2.45, 2.75) is 31.8 Å². The SMILES string of the molecule is CC(O)c1cc(F)ccc1-n1ccc(C2CC2)n1. The van der Waals surface area contributed by atoms with Gasteiger partial charge in [0, 0.05) is 17.7 Å². The molecule has 1 aliphatic carbocycles. The third-order valence-electron chi connectivity index (χ3n) is 3.29. The lowest BCUT2D eigenvalue weighted by Gasteiger charge is -2.12. The van der Waals surface area contributed by atoms with Gasteiger partial charge in [0.25, 0.3) is 0 Å². The molecule has 94 valence electrons. The number of nitrogens with zero attached hydrogens (tertiary/aromatic N) is 2. The molecule has 18 heavy (non-hydrogen) atoms. The van der Waals surface area contributed by atoms with E-state index in [1.807, 2.05) is 12.3 Å². The van der Waals surface area contributed by atoms with E-state index in [4.69, 9.17) is 0 Å². The molecule has 0 radical (unpaired) electrons. The monoisotopic (exact) mass is 246 g/mol. The van der Waals surface area contributed by atoms with E-state index in [-0.39, 0.29) is 5.82 Å². The third kappa shape index (κ3) is 2.04. The molecule has 1 saturated carbocycles. The van der Waals surface area contributed by atoms with Gasteiger partial charge >= 0.3 is 0 Å². The quantitative estimate of drug-likeness (QED) is 0.904. The summed E-state index contributed by atoms with van der Waals surface area (Å²) in [5, 5.41) is 14.2. The summed E-state index contributed by atoms with van der Waals surface area (Å²) in [5.41, 5.74) is 2.37. The molecule has 4 heteroatoms. The van der Waals surface area contributed by atoms with Crippen LogP contribution in [0.5, 0.6) is 0 Å². The van der Waals surface area contributed by atoms with Gasteiger partial charge in [-0.2, -0.15) is 5.10 Å². The van der Waals surface area contributed by atoms with Crippen molar-refractivity contribution in [1.29, 1.82) is 0 Å². The summed E-state index contributed by atoms with van der Waals surface area (Å²) in [6, 6.07) is 6.39. The molecule has 0 bridgehead atoms. The van der Waals surface area contributed by atoms with Crippen LogP contribution in [-0.2, 0) is 0 Å². The number of hydrogen-bond donors (Lipinski definition) is 1. The fourth-order valence-electron chi connectivity index (χ4n) is 2.14. The molecule has 1 aromatic carbocycles. The van der Waals surface area contributed by atoms with E-state index in [2.05, 4.69) is 5.10 Å². The average Bonchev–Trinajstić information content (AvgIpc) is 3.08. The molecule has 1 N–H and O–H groups in total. The van der Waals surface area contributed by atoms with Crippen LogP contribution in [0.1, 0.15) is 43.0 Å². The molecule has 1 heterocycles. The van der Waals surface area contributed by atoms with Gasteiger partial charge in [-0.3, -0.25) is 0 Å². The molecule has 1 aliphatic rings. The van der Waals surface area contributed by atoms with Crippen molar-refractivity contribution in [3.05, 3.63) is 47.5 Å². The van der Waals surface area contributed by atoms with Gasteiger partial charge in [-0.05, 0) is 44.0 Å². The highest BCUT2D eigenvalue weighted by molar-refractivity contribution is 5.42. The van der Waals surface area contributed by atoms with Crippen LogP contribution in [0.25, 0.3) is 5.69 Å². The molecular weight excluding hydrogens is 231 g/mol. The van der Waals surface area contributed by atoms with E-state index in [0.29, 0.717) is 11.5 Å². The summed E-state index contributed by atoms with van der Waals surface area (Å²) < 4.78 is 14.9. The molecule has 1 fully saturated rings. The Hall–Kier alpha value is -1.68. The van der Waals surface area contributed by atoms with Crippen molar-refractivity contribution in [1.82, 2.24) is 9.78 Å². The summed E-state index contributed by atoms with van der Waals surface area (Å²) in [4.78, 5) is 0. The topological polar surface area (TPSA) is 38.0 Å². The maximum atomic E-state index is 13.2. The van der Waals surface area contributed by atoms with Gasteiger partial charge in [-0.15, -0.1) is 0 Å². The zero-order valence-electron chi connectivity index (χ0n) is 10.2. The smallest absolute Gasteiger partial charge is 0.123 e. The van der Waals surface area contributed by atoms with Crippen molar-refractivity contribution in [3.63, 3.8) is 0 Å². The Balaban J connectivity index is 2.03. The van der Waals surface area contributed by atoms with E-state index < -0.39 is 6.10 Å². The normalized spacial score (nSPS) is 16.8. The molecule has 3 rings (SSSR count). The number of aliphatic hydroxyl groups excluding tert-OH is 1. The Labute approximate surface area is 105 Å². The van der Waals surface area contributed by atoms with Gasteiger partial charge in [0.1, 0.15) is 5.82 Å². The Kier molecular flexibility index (Phi) is 2.67. The predicted octanol–water partition coefficient (Wildman–Crippen LogP) is 2.94. The standard InChI is InChI=1S/C14H15FN2O/c1-9(18)12-8-11(15)4-5-14(12)17-7-6-13(16-17)10-2-3-10/h4-10,18H,2-3H2,1H3. The van der Waals surface area contributed by atoms with E-state index in [1.54, 1.807) is 17.7 Å². The zero-order chi connectivity index (χ0) is 12.7. The first-order valence-corrected chi connectivity index (χ1v) is 6.18. The highest BCUT2D eigenvalue weighted by Gasteiger charge is 2.26. The van der Waals surface area contributed by atoms with Crippen LogP contribution < -0.4 is 0 Å². The second-order valence-corrected chi connectivity index (χ2v) is 4.84. The molecule has 1 aromatic heterocycles. The number of halogens is 1. The zero-order valence-corrected chi connectivity index (χ0v) is 10.2. The van der Waals surface area contributed by atoms with E-state index in [0.717, 1.165) is 11.4 Å². The van der Waals surface area contributed by atoms with Crippen LogP contribution in [-0.4, -0.2) is 14.9 Å².